The van der Waals surface area contributed by atoms with Crippen LogP contribution in [-0.4, -0.2) is 28.3 Å². The summed E-state index contributed by atoms with van der Waals surface area (Å²) < 4.78 is 6.95. The van der Waals surface area contributed by atoms with E-state index in [-0.39, 0.29) is 6.61 Å². The van der Waals surface area contributed by atoms with E-state index in [0.717, 1.165) is 15.4 Å². The number of thiophene rings is 2. The molecule has 3 aromatic heterocycles. The van der Waals surface area contributed by atoms with E-state index in [1.54, 1.807) is 17.8 Å². The lowest BCUT2D eigenvalue weighted by atomic mass is 10.2. The Morgan fingerprint density at radius 3 is 2.56 bits per heavy atom. The summed E-state index contributed by atoms with van der Waals surface area (Å²) in [4.78, 5) is 26.5. The maximum atomic E-state index is 12.6. The highest BCUT2D eigenvalue weighted by Crippen LogP contribution is 2.26. The second kappa shape index (κ2) is 8.32. The average Bonchev–Trinajstić information content (AvgIpc) is 3.38. The molecule has 0 aromatic carbocycles. The number of rotatable bonds is 6. The van der Waals surface area contributed by atoms with Gasteiger partial charge < -0.3 is 10.1 Å². The first kappa shape index (κ1) is 19.1. The first-order valence-corrected chi connectivity index (χ1v) is 9.98. The lowest BCUT2D eigenvalue weighted by Crippen LogP contribution is -2.21. The van der Waals surface area contributed by atoms with Gasteiger partial charge in [-0.3, -0.25) is 9.48 Å². The normalized spacial score (nSPS) is 11.4. The summed E-state index contributed by atoms with van der Waals surface area (Å²) in [5, 5.41) is 10.8. The number of hydrogen-bond donors (Lipinski definition) is 1. The minimum absolute atomic E-state index is 0.361. The van der Waals surface area contributed by atoms with Gasteiger partial charge in [-0.15, -0.1) is 22.7 Å². The van der Waals surface area contributed by atoms with E-state index >= 15 is 0 Å². The van der Waals surface area contributed by atoms with Crippen molar-refractivity contribution < 1.29 is 14.3 Å². The first-order chi connectivity index (χ1) is 13.0. The quantitative estimate of drug-likeness (QED) is 0.502. The van der Waals surface area contributed by atoms with E-state index in [1.165, 1.54) is 22.7 Å². The molecule has 0 aliphatic carbocycles. The number of carbonyl (C=O) groups is 2. The minimum Gasteiger partial charge on any atom is -0.452 e. The summed E-state index contributed by atoms with van der Waals surface area (Å²) in [6.07, 6.45) is 1.78. The third kappa shape index (κ3) is 4.53. The second-order valence-electron chi connectivity index (χ2n) is 5.84. The van der Waals surface area contributed by atoms with Crippen molar-refractivity contribution in [1.29, 1.82) is 0 Å². The van der Waals surface area contributed by atoms with Gasteiger partial charge in [0.1, 0.15) is 0 Å². The molecule has 27 heavy (non-hydrogen) atoms. The SMILES string of the molecule is Cc1nn(C)c(C)c1NC(=O)COC(=O)/C(=C/c1cccs1)c1cccs1. The molecule has 0 saturated heterocycles. The molecule has 0 aliphatic rings. The van der Waals surface area contributed by atoms with Gasteiger partial charge in [0.15, 0.2) is 6.61 Å². The van der Waals surface area contributed by atoms with Crippen molar-refractivity contribution in [3.8, 4) is 0 Å². The maximum Gasteiger partial charge on any atom is 0.340 e. The molecule has 0 unspecified atom stereocenters. The van der Waals surface area contributed by atoms with Crippen LogP contribution in [-0.2, 0) is 21.4 Å². The van der Waals surface area contributed by atoms with Crippen LogP contribution in [0.4, 0.5) is 5.69 Å². The first-order valence-electron chi connectivity index (χ1n) is 8.22. The van der Waals surface area contributed by atoms with Crippen LogP contribution in [0.25, 0.3) is 11.6 Å². The Hall–Kier alpha value is -2.71. The molecule has 3 rings (SSSR count). The molecule has 0 saturated carbocycles. The van der Waals surface area contributed by atoms with Crippen LogP contribution in [0.15, 0.2) is 35.0 Å². The summed E-state index contributed by atoms with van der Waals surface area (Å²) in [6.45, 7) is 3.31. The van der Waals surface area contributed by atoms with Gasteiger partial charge in [0.05, 0.1) is 22.6 Å². The largest absolute Gasteiger partial charge is 0.452 e. The van der Waals surface area contributed by atoms with Gasteiger partial charge in [-0.1, -0.05) is 12.1 Å². The number of nitrogens with zero attached hydrogens (tertiary/aromatic N) is 2. The van der Waals surface area contributed by atoms with Crippen LogP contribution < -0.4 is 5.32 Å². The molecule has 3 heterocycles. The molecule has 1 N–H and O–H groups in total. The molecule has 6 nitrogen and oxygen atoms in total. The lowest BCUT2D eigenvalue weighted by Gasteiger charge is -2.08. The molecule has 3 aromatic rings. The number of carbonyl (C=O) groups excluding carboxylic acids is 2. The average molecular weight is 402 g/mol. The second-order valence-corrected chi connectivity index (χ2v) is 7.77. The summed E-state index contributed by atoms with van der Waals surface area (Å²) >= 11 is 2.98. The molecule has 0 fully saturated rings. The number of anilines is 1. The van der Waals surface area contributed by atoms with Crippen molar-refractivity contribution in [2.75, 3.05) is 11.9 Å². The lowest BCUT2D eigenvalue weighted by molar-refractivity contribution is -0.141. The van der Waals surface area contributed by atoms with Crippen LogP contribution in [0.1, 0.15) is 21.1 Å². The fourth-order valence-electron chi connectivity index (χ4n) is 2.52. The van der Waals surface area contributed by atoms with Crippen LogP contribution in [0, 0.1) is 13.8 Å². The molecule has 0 bridgehead atoms. The van der Waals surface area contributed by atoms with Gasteiger partial charge >= 0.3 is 5.97 Å². The third-order valence-corrected chi connectivity index (χ3v) is 5.67. The Balaban J connectivity index is 1.68. The number of esters is 1. The summed E-state index contributed by atoms with van der Waals surface area (Å²) in [5.41, 5.74) is 2.63. The molecule has 140 valence electrons. The molecule has 8 heteroatoms. The smallest absolute Gasteiger partial charge is 0.340 e. The van der Waals surface area contributed by atoms with Gasteiger partial charge in [0, 0.05) is 16.8 Å². The van der Waals surface area contributed by atoms with Crippen molar-refractivity contribution in [3.05, 3.63) is 56.2 Å². The molecule has 0 aliphatic heterocycles. The van der Waals surface area contributed by atoms with E-state index < -0.39 is 11.9 Å². The van der Waals surface area contributed by atoms with Crippen LogP contribution >= 0.6 is 22.7 Å². The monoisotopic (exact) mass is 401 g/mol. The van der Waals surface area contributed by atoms with Crippen molar-refractivity contribution in [3.63, 3.8) is 0 Å². The van der Waals surface area contributed by atoms with Crippen molar-refractivity contribution >= 4 is 51.9 Å². The zero-order chi connectivity index (χ0) is 19.4. The van der Waals surface area contributed by atoms with Gasteiger partial charge in [-0.25, -0.2) is 4.79 Å². The summed E-state index contributed by atoms with van der Waals surface area (Å²) in [5.74, 6) is -0.926. The van der Waals surface area contributed by atoms with E-state index in [9.17, 15) is 9.59 Å². The van der Waals surface area contributed by atoms with Crippen molar-refractivity contribution in [2.45, 2.75) is 13.8 Å². The number of nitrogens with one attached hydrogen (secondary N) is 1. The zero-order valence-electron chi connectivity index (χ0n) is 15.2. The number of aromatic nitrogens is 2. The third-order valence-electron chi connectivity index (χ3n) is 3.94. The standard InChI is InChI=1S/C19H19N3O3S2/c1-12-18(13(2)22(3)21-12)20-17(23)11-25-19(24)15(16-7-5-9-27-16)10-14-6-4-8-26-14/h4-10H,11H2,1-3H3,(H,20,23)/b15-10+. The number of ether oxygens (including phenoxy) is 1. The number of hydrogen-bond acceptors (Lipinski definition) is 6. The van der Waals surface area contributed by atoms with Crippen molar-refractivity contribution in [2.24, 2.45) is 7.05 Å². The molecular weight excluding hydrogens is 382 g/mol. The highest BCUT2D eigenvalue weighted by molar-refractivity contribution is 7.12. The van der Waals surface area contributed by atoms with Crippen LogP contribution in [0.5, 0.6) is 0 Å². The van der Waals surface area contributed by atoms with E-state index in [4.69, 9.17) is 4.74 Å². The molecule has 0 atom stereocenters. The van der Waals surface area contributed by atoms with Crippen LogP contribution in [0.3, 0.4) is 0 Å². The predicted octanol–water partition coefficient (Wildman–Crippen LogP) is 3.88. The summed E-state index contributed by atoms with van der Waals surface area (Å²) in [7, 11) is 1.81. The number of aryl methyl sites for hydroxylation is 2. The minimum atomic E-state index is -0.527. The Morgan fingerprint density at radius 2 is 1.96 bits per heavy atom. The Morgan fingerprint density at radius 1 is 1.22 bits per heavy atom. The maximum absolute atomic E-state index is 12.6. The Kier molecular flexibility index (Phi) is 5.88. The number of amides is 1. The Bertz CT molecular complexity index is 970. The molecule has 0 radical (unpaired) electrons. The van der Waals surface area contributed by atoms with Gasteiger partial charge in [0.25, 0.3) is 5.91 Å². The van der Waals surface area contributed by atoms with Gasteiger partial charge in [-0.05, 0) is 42.8 Å². The topological polar surface area (TPSA) is 73.2 Å². The summed E-state index contributed by atoms with van der Waals surface area (Å²) in [6, 6.07) is 7.57. The van der Waals surface area contributed by atoms with E-state index in [2.05, 4.69) is 10.4 Å². The fraction of sp³-hybridized carbons (Fsp3) is 0.211. The molecule has 1 amide bonds. The highest BCUT2D eigenvalue weighted by Gasteiger charge is 2.18. The van der Waals surface area contributed by atoms with Crippen LogP contribution in [0.2, 0.25) is 0 Å². The van der Waals surface area contributed by atoms with Crippen molar-refractivity contribution in [1.82, 2.24) is 9.78 Å². The van der Waals surface area contributed by atoms with Gasteiger partial charge in [-0.2, -0.15) is 5.10 Å². The van der Waals surface area contributed by atoms with Gasteiger partial charge in [0.2, 0.25) is 0 Å². The van der Waals surface area contributed by atoms with E-state index in [0.29, 0.717) is 17.0 Å². The predicted molar refractivity (Wildman–Crippen MR) is 109 cm³/mol. The van der Waals surface area contributed by atoms with E-state index in [1.807, 2.05) is 48.9 Å². The molecule has 0 spiro atoms. The Labute approximate surface area is 165 Å². The zero-order valence-corrected chi connectivity index (χ0v) is 16.8. The molecular formula is C19H19N3O3S2. The highest BCUT2D eigenvalue weighted by atomic mass is 32.1. The fourth-order valence-corrected chi connectivity index (χ4v) is 3.90.